The zero-order valence-electron chi connectivity index (χ0n) is 11.5. The van der Waals surface area contributed by atoms with Crippen molar-refractivity contribution in [2.75, 3.05) is 18.4 Å². The van der Waals surface area contributed by atoms with Gasteiger partial charge in [-0.1, -0.05) is 13.8 Å². The first kappa shape index (κ1) is 14.3. The second kappa shape index (κ2) is 5.88. The van der Waals surface area contributed by atoms with E-state index < -0.39 is 10.0 Å². The number of hydrogen-bond acceptors (Lipinski definition) is 4. The van der Waals surface area contributed by atoms with Crippen molar-refractivity contribution in [3.05, 3.63) is 18.3 Å². The number of sulfonamides is 1. The van der Waals surface area contributed by atoms with E-state index in [4.69, 9.17) is 0 Å². The molecule has 0 radical (unpaired) electrons. The number of aromatic nitrogens is 1. The zero-order chi connectivity index (χ0) is 13.9. The van der Waals surface area contributed by atoms with E-state index in [-0.39, 0.29) is 10.9 Å². The number of pyridine rings is 1. The van der Waals surface area contributed by atoms with Crippen LogP contribution in [0.4, 0.5) is 5.82 Å². The lowest BCUT2D eigenvalue weighted by molar-refractivity contribution is 0.421. The summed E-state index contributed by atoms with van der Waals surface area (Å²) in [5.74, 6) is 0.462. The fourth-order valence-electron chi connectivity index (χ4n) is 2.09. The smallest absolute Gasteiger partial charge is 0.246 e. The van der Waals surface area contributed by atoms with Gasteiger partial charge in [0, 0.05) is 25.3 Å². The largest absolute Gasteiger partial charge is 0.369 e. The second-order valence-electron chi connectivity index (χ2n) is 4.72. The van der Waals surface area contributed by atoms with Crippen molar-refractivity contribution in [1.29, 1.82) is 0 Å². The summed E-state index contributed by atoms with van der Waals surface area (Å²) in [5, 5.41) is 3.09. The summed E-state index contributed by atoms with van der Waals surface area (Å²) in [6.45, 7) is 5.14. The van der Waals surface area contributed by atoms with Gasteiger partial charge in [-0.05, 0) is 31.4 Å². The van der Waals surface area contributed by atoms with Crippen molar-refractivity contribution < 1.29 is 8.42 Å². The lowest BCUT2D eigenvalue weighted by atomic mass is 10.4. The van der Waals surface area contributed by atoms with Crippen LogP contribution in [0, 0.1) is 0 Å². The van der Waals surface area contributed by atoms with Crippen LogP contribution >= 0.6 is 0 Å². The minimum atomic E-state index is -3.44. The number of nitrogens with zero attached hydrogens (tertiary/aromatic N) is 2. The minimum absolute atomic E-state index is 0.175. The second-order valence-corrected chi connectivity index (χ2v) is 6.58. The Morgan fingerprint density at radius 2 is 2.16 bits per heavy atom. The Balaban J connectivity index is 2.33. The summed E-state index contributed by atoms with van der Waals surface area (Å²) in [6.07, 6.45) is 4.47. The van der Waals surface area contributed by atoms with E-state index in [1.165, 1.54) is 0 Å². The van der Waals surface area contributed by atoms with E-state index >= 15 is 0 Å². The van der Waals surface area contributed by atoms with Gasteiger partial charge in [0.1, 0.15) is 10.7 Å². The summed E-state index contributed by atoms with van der Waals surface area (Å²) in [5.41, 5.74) is 0. The first-order valence-corrected chi connectivity index (χ1v) is 8.26. The molecule has 1 fully saturated rings. The molecule has 0 unspecified atom stereocenters. The van der Waals surface area contributed by atoms with Gasteiger partial charge in [-0.2, -0.15) is 4.31 Å². The molecule has 106 valence electrons. The van der Waals surface area contributed by atoms with E-state index in [9.17, 15) is 8.42 Å². The van der Waals surface area contributed by atoms with Crippen molar-refractivity contribution in [1.82, 2.24) is 9.29 Å². The van der Waals surface area contributed by atoms with Crippen molar-refractivity contribution in [3.63, 3.8) is 0 Å². The Bertz CT molecular complexity index is 526. The van der Waals surface area contributed by atoms with Crippen LogP contribution in [0.1, 0.15) is 33.1 Å². The van der Waals surface area contributed by atoms with Gasteiger partial charge in [-0.3, -0.25) is 0 Å². The highest BCUT2D eigenvalue weighted by atomic mass is 32.2. The Morgan fingerprint density at radius 3 is 2.74 bits per heavy atom. The maximum atomic E-state index is 12.7. The minimum Gasteiger partial charge on any atom is -0.369 e. The van der Waals surface area contributed by atoms with Gasteiger partial charge < -0.3 is 5.32 Å². The molecular formula is C13H21N3O2S. The van der Waals surface area contributed by atoms with Crippen molar-refractivity contribution in [2.45, 2.75) is 44.0 Å². The molecule has 1 aliphatic rings. The summed E-state index contributed by atoms with van der Waals surface area (Å²) in [7, 11) is -3.44. The number of nitrogens with one attached hydrogen (secondary N) is 1. The fourth-order valence-corrected chi connectivity index (χ4v) is 3.90. The molecular weight excluding hydrogens is 262 g/mol. The van der Waals surface area contributed by atoms with Crippen LogP contribution in [0.5, 0.6) is 0 Å². The highest BCUT2D eigenvalue weighted by Crippen LogP contribution is 2.33. The van der Waals surface area contributed by atoms with E-state index in [0.29, 0.717) is 12.4 Å². The quantitative estimate of drug-likeness (QED) is 0.832. The van der Waals surface area contributed by atoms with Crippen LogP contribution in [0.3, 0.4) is 0 Å². The topological polar surface area (TPSA) is 62.3 Å². The Hall–Kier alpha value is -1.14. The molecule has 1 aromatic rings. The predicted molar refractivity (Wildman–Crippen MR) is 75.6 cm³/mol. The molecule has 1 heterocycles. The Morgan fingerprint density at radius 1 is 1.42 bits per heavy atom. The Kier molecular flexibility index (Phi) is 4.42. The van der Waals surface area contributed by atoms with E-state index in [2.05, 4.69) is 10.3 Å². The molecule has 0 bridgehead atoms. The average Bonchev–Trinajstić information content (AvgIpc) is 3.21. The number of anilines is 1. The fraction of sp³-hybridized carbons (Fsp3) is 0.615. The molecule has 1 N–H and O–H groups in total. The molecule has 0 atom stereocenters. The highest BCUT2D eigenvalue weighted by Gasteiger charge is 2.38. The molecule has 0 saturated heterocycles. The molecule has 6 heteroatoms. The summed E-state index contributed by atoms with van der Waals surface area (Å²) >= 11 is 0. The van der Waals surface area contributed by atoms with Gasteiger partial charge in [0.25, 0.3) is 0 Å². The van der Waals surface area contributed by atoms with Crippen LogP contribution in [-0.2, 0) is 10.0 Å². The summed E-state index contributed by atoms with van der Waals surface area (Å²) < 4.78 is 26.9. The molecule has 0 spiro atoms. The predicted octanol–water partition coefficient (Wildman–Crippen LogP) is 2.08. The average molecular weight is 283 g/mol. The molecule has 2 rings (SSSR count). The lowest BCUT2D eigenvalue weighted by Gasteiger charge is -2.21. The van der Waals surface area contributed by atoms with Gasteiger partial charge in [-0.15, -0.1) is 0 Å². The van der Waals surface area contributed by atoms with Crippen LogP contribution in [-0.4, -0.2) is 36.8 Å². The molecule has 19 heavy (non-hydrogen) atoms. The monoisotopic (exact) mass is 283 g/mol. The number of hydrogen-bond donors (Lipinski definition) is 1. The molecule has 1 aliphatic carbocycles. The highest BCUT2D eigenvalue weighted by molar-refractivity contribution is 7.89. The molecule has 5 nitrogen and oxygen atoms in total. The van der Waals surface area contributed by atoms with E-state index in [1.54, 1.807) is 22.6 Å². The summed E-state index contributed by atoms with van der Waals surface area (Å²) in [4.78, 5) is 4.45. The molecule has 0 aromatic carbocycles. The van der Waals surface area contributed by atoms with Gasteiger partial charge >= 0.3 is 0 Å². The van der Waals surface area contributed by atoms with Gasteiger partial charge in [0.15, 0.2) is 0 Å². The SMILES string of the molecule is CCCNc1ncccc1S(=O)(=O)N(CC)C1CC1. The third-order valence-corrected chi connectivity index (χ3v) is 5.22. The Labute approximate surface area is 115 Å². The van der Waals surface area contributed by atoms with Crippen molar-refractivity contribution in [2.24, 2.45) is 0 Å². The van der Waals surface area contributed by atoms with Crippen molar-refractivity contribution in [3.8, 4) is 0 Å². The molecule has 0 amide bonds. The summed E-state index contributed by atoms with van der Waals surface area (Å²) in [6, 6.07) is 3.48. The van der Waals surface area contributed by atoms with E-state index in [1.807, 2.05) is 13.8 Å². The molecule has 1 saturated carbocycles. The first-order chi connectivity index (χ1) is 9.11. The maximum Gasteiger partial charge on any atom is 0.246 e. The molecule has 0 aliphatic heterocycles. The van der Waals surface area contributed by atoms with Crippen molar-refractivity contribution >= 4 is 15.8 Å². The van der Waals surface area contributed by atoms with Crippen LogP contribution < -0.4 is 5.32 Å². The molecule has 1 aromatic heterocycles. The number of rotatable bonds is 7. The van der Waals surface area contributed by atoms with Gasteiger partial charge in [0.2, 0.25) is 10.0 Å². The maximum absolute atomic E-state index is 12.7. The third kappa shape index (κ3) is 3.06. The lowest BCUT2D eigenvalue weighted by Crippen LogP contribution is -2.33. The van der Waals surface area contributed by atoms with E-state index in [0.717, 1.165) is 25.8 Å². The third-order valence-electron chi connectivity index (χ3n) is 3.17. The normalized spacial score (nSPS) is 15.7. The van der Waals surface area contributed by atoms with Crippen LogP contribution in [0.15, 0.2) is 23.2 Å². The standard InChI is InChI=1S/C13H21N3O2S/c1-3-9-14-13-12(6-5-10-15-13)19(17,18)16(4-2)11-7-8-11/h5-6,10-11H,3-4,7-9H2,1-2H3,(H,14,15). The first-order valence-electron chi connectivity index (χ1n) is 6.82. The van der Waals surface area contributed by atoms with Gasteiger partial charge in [0.05, 0.1) is 0 Å². The van der Waals surface area contributed by atoms with Crippen LogP contribution in [0.2, 0.25) is 0 Å². The zero-order valence-corrected chi connectivity index (χ0v) is 12.3. The van der Waals surface area contributed by atoms with Crippen LogP contribution in [0.25, 0.3) is 0 Å². The van der Waals surface area contributed by atoms with Gasteiger partial charge in [-0.25, -0.2) is 13.4 Å².